The van der Waals surface area contributed by atoms with Crippen LogP contribution in [0.2, 0.25) is 5.02 Å². The minimum absolute atomic E-state index is 0.0222. The summed E-state index contributed by atoms with van der Waals surface area (Å²) in [7, 11) is 0.296. The first kappa shape index (κ1) is 23.0. The van der Waals surface area contributed by atoms with Crippen molar-refractivity contribution < 1.29 is 22.7 Å². The van der Waals surface area contributed by atoms with Gasteiger partial charge in [0.25, 0.3) is 0 Å². The van der Waals surface area contributed by atoms with Gasteiger partial charge in [0.15, 0.2) is 0 Å². The number of nitrogens with zero attached hydrogens (tertiary/aromatic N) is 1. The lowest BCUT2D eigenvalue weighted by molar-refractivity contribution is -0.116. The zero-order valence-corrected chi connectivity index (χ0v) is 18.6. The van der Waals surface area contributed by atoms with Gasteiger partial charge in [-0.3, -0.25) is 4.79 Å². The number of hydrogen-bond donors (Lipinski definition) is 1. The molecule has 0 saturated carbocycles. The third-order valence-electron chi connectivity index (χ3n) is 4.34. The number of methoxy groups -OCH3 is 2. The van der Waals surface area contributed by atoms with E-state index in [2.05, 4.69) is 5.32 Å². The molecule has 7 nitrogen and oxygen atoms in total. The van der Waals surface area contributed by atoms with E-state index in [1.165, 1.54) is 27.3 Å². The minimum atomic E-state index is -3.94. The molecule has 29 heavy (non-hydrogen) atoms. The van der Waals surface area contributed by atoms with Gasteiger partial charge in [0.05, 0.1) is 25.8 Å². The first-order chi connectivity index (χ1) is 13.6. The molecule has 2 aromatic rings. The van der Waals surface area contributed by atoms with Gasteiger partial charge >= 0.3 is 0 Å². The second kappa shape index (κ2) is 9.47. The topological polar surface area (TPSA) is 84.9 Å². The van der Waals surface area contributed by atoms with Crippen LogP contribution >= 0.6 is 11.6 Å². The van der Waals surface area contributed by atoms with Crippen LogP contribution in [0.15, 0.2) is 41.3 Å². The van der Waals surface area contributed by atoms with Gasteiger partial charge in [-0.25, -0.2) is 8.42 Å². The molecular weight excluding hydrogens is 416 g/mol. The molecule has 0 heterocycles. The Labute approximate surface area is 176 Å². The van der Waals surface area contributed by atoms with Crippen molar-refractivity contribution in [1.29, 1.82) is 0 Å². The van der Waals surface area contributed by atoms with E-state index in [0.29, 0.717) is 16.5 Å². The van der Waals surface area contributed by atoms with E-state index in [-0.39, 0.29) is 23.1 Å². The fraction of sp³-hybridized carbons (Fsp3) is 0.350. The van der Waals surface area contributed by atoms with Gasteiger partial charge in [-0.15, -0.1) is 0 Å². The second-order valence-corrected chi connectivity index (χ2v) is 9.14. The van der Waals surface area contributed by atoms with Gasteiger partial charge in [-0.2, -0.15) is 4.31 Å². The van der Waals surface area contributed by atoms with Gasteiger partial charge in [0, 0.05) is 12.7 Å². The van der Waals surface area contributed by atoms with Crippen molar-refractivity contribution in [3.05, 3.63) is 47.0 Å². The Morgan fingerprint density at radius 1 is 1.10 bits per heavy atom. The Morgan fingerprint density at radius 2 is 1.72 bits per heavy atom. The van der Waals surface area contributed by atoms with Crippen molar-refractivity contribution in [2.24, 2.45) is 0 Å². The number of halogens is 1. The second-order valence-electron chi connectivity index (χ2n) is 6.72. The van der Waals surface area contributed by atoms with Crippen LogP contribution in [0.3, 0.4) is 0 Å². The first-order valence-electron chi connectivity index (χ1n) is 8.87. The number of amides is 1. The van der Waals surface area contributed by atoms with E-state index in [0.717, 1.165) is 9.87 Å². The lowest BCUT2D eigenvalue weighted by Crippen LogP contribution is -2.35. The predicted molar refractivity (Wildman–Crippen MR) is 114 cm³/mol. The molecule has 0 aliphatic heterocycles. The van der Waals surface area contributed by atoms with Gasteiger partial charge in [0.1, 0.15) is 16.4 Å². The SMILES string of the molecule is COc1ccc(NC(=O)CN(C)S(=O)(=O)c2cc(C(C)C)ccc2OC)cc1Cl. The lowest BCUT2D eigenvalue weighted by Gasteiger charge is -2.20. The molecule has 1 amide bonds. The number of benzene rings is 2. The Kier molecular flexibility index (Phi) is 7.51. The first-order valence-corrected chi connectivity index (χ1v) is 10.7. The Bertz CT molecular complexity index is 992. The van der Waals surface area contributed by atoms with Crippen LogP contribution in [0, 0.1) is 0 Å². The van der Waals surface area contributed by atoms with Crippen LogP contribution in [-0.4, -0.2) is 46.4 Å². The van der Waals surface area contributed by atoms with Crippen molar-refractivity contribution in [3.8, 4) is 11.5 Å². The number of anilines is 1. The van der Waals surface area contributed by atoms with E-state index in [9.17, 15) is 13.2 Å². The molecule has 0 aromatic heterocycles. The third-order valence-corrected chi connectivity index (χ3v) is 6.46. The smallest absolute Gasteiger partial charge is 0.246 e. The summed E-state index contributed by atoms with van der Waals surface area (Å²) < 4.78 is 37.3. The Hall–Kier alpha value is -2.29. The summed E-state index contributed by atoms with van der Waals surface area (Å²) in [4.78, 5) is 12.4. The highest BCUT2D eigenvalue weighted by Gasteiger charge is 2.27. The molecule has 0 spiro atoms. The highest BCUT2D eigenvalue weighted by atomic mass is 35.5. The van der Waals surface area contributed by atoms with Crippen LogP contribution in [0.25, 0.3) is 0 Å². The molecule has 0 radical (unpaired) electrons. The van der Waals surface area contributed by atoms with Crippen LogP contribution in [-0.2, 0) is 14.8 Å². The minimum Gasteiger partial charge on any atom is -0.495 e. The van der Waals surface area contributed by atoms with E-state index >= 15 is 0 Å². The van der Waals surface area contributed by atoms with E-state index in [1.807, 2.05) is 19.9 Å². The summed E-state index contributed by atoms with van der Waals surface area (Å²) in [5.41, 5.74) is 1.29. The largest absolute Gasteiger partial charge is 0.495 e. The van der Waals surface area contributed by atoms with Gasteiger partial charge < -0.3 is 14.8 Å². The fourth-order valence-electron chi connectivity index (χ4n) is 2.65. The van der Waals surface area contributed by atoms with Crippen molar-refractivity contribution >= 4 is 33.2 Å². The Balaban J connectivity index is 2.20. The maximum atomic E-state index is 13.0. The average molecular weight is 441 g/mol. The van der Waals surface area contributed by atoms with Crippen LogP contribution in [0.5, 0.6) is 11.5 Å². The van der Waals surface area contributed by atoms with Gasteiger partial charge in [0.2, 0.25) is 15.9 Å². The molecule has 0 aliphatic rings. The molecule has 0 atom stereocenters. The molecule has 0 bridgehead atoms. The lowest BCUT2D eigenvalue weighted by atomic mass is 10.0. The highest BCUT2D eigenvalue weighted by Crippen LogP contribution is 2.30. The average Bonchev–Trinajstić information content (AvgIpc) is 2.67. The van der Waals surface area contributed by atoms with Crippen LogP contribution in [0.4, 0.5) is 5.69 Å². The molecule has 1 N–H and O–H groups in total. The monoisotopic (exact) mass is 440 g/mol. The van der Waals surface area contributed by atoms with Gasteiger partial charge in [-0.1, -0.05) is 31.5 Å². The quantitative estimate of drug-likeness (QED) is 0.675. The Morgan fingerprint density at radius 3 is 2.28 bits per heavy atom. The number of carbonyl (C=O) groups is 1. The summed E-state index contributed by atoms with van der Waals surface area (Å²) in [6.07, 6.45) is 0. The normalized spacial score (nSPS) is 11.6. The number of ether oxygens (including phenoxy) is 2. The van der Waals surface area contributed by atoms with E-state index in [1.54, 1.807) is 24.3 Å². The maximum absolute atomic E-state index is 13.0. The number of likely N-dealkylation sites (N-methyl/N-ethyl adjacent to an activating group) is 1. The van der Waals surface area contributed by atoms with Crippen LogP contribution in [0.1, 0.15) is 25.3 Å². The van der Waals surface area contributed by atoms with Crippen LogP contribution < -0.4 is 14.8 Å². The fourth-order valence-corrected chi connectivity index (χ4v) is 4.23. The number of hydrogen-bond acceptors (Lipinski definition) is 5. The summed E-state index contributed by atoms with van der Waals surface area (Å²) >= 11 is 6.05. The highest BCUT2D eigenvalue weighted by molar-refractivity contribution is 7.89. The zero-order valence-electron chi connectivity index (χ0n) is 17.0. The molecule has 0 aliphatic carbocycles. The number of sulfonamides is 1. The van der Waals surface area contributed by atoms with E-state index in [4.69, 9.17) is 21.1 Å². The summed E-state index contributed by atoms with van der Waals surface area (Å²) in [5.74, 6) is 0.338. The van der Waals surface area contributed by atoms with Gasteiger partial charge in [-0.05, 0) is 41.8 Å². The number of nitrogens with one attached hydrogen (secondary N) is 1. The van der Waals surface area contributed by atoms with Crippen molar-refractivity contribution in [1.82, 2.24) is 4.31 Å². The predicted octanol–water partition coefficient (Wildman–Crippen LogP) is 3.74. The molecule has 0 unspecified atom stereocenters. The van der Waals surface area contributed by atoms with E-state index < -0.39 is 15.9 Å². The molecule has 0 fully saturated rings. The summed E-state index contributed by atoms with van der Waals surface area (Å²) in [6, 6.07) is 9.78. The van der Waals surface area contributed by atoms with Crippen molar-refractivity contribution in [2.75, 3.05) is 33.1 Å². The van der Waals surface area contributed by atoms with Crippen molar-refractivity contribution in [3.63, 3.8) is 0 Å². The summed E-state index contributed by atoms with van der Waals surface area (Å²) in [5, 5.41) is 2.97. The number of carbonyl (C=O) groups excluding carboxylic acids is 1. The molecule has 158 valence electrons. The molecule has 9 heteroatoms. The third kappa shape index (κ3) is 5.41. The zero-order chi connectivity index (χ0) is 21.8. The molecule has 0 saturated heterocycles. The molecular formula is C20H25ClN2O5S. The van der Waals surface area contributed by atoms with Crippen molar-refractivity contribution in [2.45, 2.75) is 24.7 Å². The number of rotatable bonds is 8. The molecule has 2 aromatic carbocycles. The maximum Gasteiger partial charge on any atom is 0.246 e. The standard InChI is InChI=1S/C20H25ClN2O5S/c1-13(2)14-6-8-18(28-5)19(10-14)29(25,26)23(3)12-20(24)22-15-7-9-17(27-4)16(21)11-15/h6-11,13H,12H2,1-5H3,(H,22,24). The molecule has 2 rings (SSSR count). The summed E-state index contributed by atoms with van der Waals surface area (Å²) in [6.45, 7) is 3.56.